The first-order valence-corrected chi connectivity index (χ1v) is 12.3. The van der Waals surface area contributed by atoms with E-state index >= 15 is 0 Å². The van der Waals surface area contributed by atoms with E-state index in [0.29, 0.717) is 21.9 Å². The molecule has 0 unspecified atom stereocenters. The summed E-state index contributed by atoms with van der Waals surface area (Å²) in [7, 11) is -3.48. The van der Waals surface area contributed by atoms with Gasteiger partial charge in [-0.1, -0.05) is 11.6 Å². The SMILES string of the molecule is CS(=O)(=O)c1cc(Cl)cc(NC(=O)c2cc(-c3ncccc3Oc3ncccn3)cs2)c1. The standard InChI is InChI=1S/C21H15ClN4O4S2/c1-32(28,29)16-10-14(22)9-15(11-16)26-20(27)18-8-13(12-31-18)19-17(4-2-5-23-19)30-21-24-6-3-7-25-21/h2-12H,1H3,(H,26,27). The van der Waals surface area contributed by atoms with Crippen LogP contribution in [0, 0.1) is 0 Å². The fraction of sp³-hybridized carbons (Fsp3) is 0.0476. The molecular formula is C21H15ClN4O4S2. The molecule has 3 aromatic heterocycles. The minimum atomic E-state index is -3.48. The molecule has 3 heterocycles. The molecule has 0 fully saturated rings. The summed E-state index contributed by atoms with van der Waals surface area (Å²) in [6, 6.07) is 11.1. The molecule has 11 heteroatoms. The number of anilines is 1. The first-order valence-electron chi connectivity index (χ1n) is 9.10. The van der Waals surface area contributed by atoms with Crippen LogP contribution < -0.4 is 10.1 Å². The molecule has 0 aliphatic carbocycles. The Hall–Kier alpha value is -3.34. The van der Waals surface area contributed by atoms with Crippen molar-refractivity contribution in [1.82, 2.24) is 15.0 Å². The minimum Gasteiger partial charge on any atom is -0.422 e. The summed E-state index contributed by atoms with van der Waals surface area (Å²) in [4.78, 5) is 25.6. The molecule has 1 amide bonds. The molecular weight excluding hydrogens is 472 g/mol. The lowest BCUT2D eigenvalue weighted by Crippen LogP contribution is -2.11. The Morgan fingerprint density at radius 2 is 1.81 bits per heavy atom. The molecule has 0 aliphatic heterocycles. The Morgan fingerprint density at radius 3 is 2.56 bits per heavy atom. The van der Waals surface area contributed by atoms with Gasteiger partial charge in [0.1, 0.15) is 5.69 Å². The number of rotatable bonds is 6. The Kier molecular flexibility index (Phi) is 6.17. The van der Waals surface area contributed by atoms with Gasteiger partial charge in [0.2, 0.25) is 0 Å². The number of amides is 1. The number of carbonyl (C=O) groups excluding carboxylic acids is 1. The first-order chi connectivity index (χ1) is 15.3. The van der Waals surface area contributed by atoms with Gasteiger partial charge in [-0.25, -0.2) is 18.4 Å². The predicted octanol–water partition coefficient (Wildman–Crippen LogP) is 4.70. The van der Waals surface area contributed by atoms with Gasteiger partial charge in [-0.15, -0.1) is 11.3 Å². The number of nitrogens with zero attached hydrogens (tertiary/aromatic N) is 3. The summed E-state index contributed by atoms with van der Waals surface area (Å²) in [5, 5.41) is 4.66. The molecule has 0 radical (unpaired) electrons. The second-order valence-electron chi connectivity index (χ2n) is 6.59. The van der Waals surface area contributed by atoms with Gasteiger partial charge in [0, 0.05) is 46.5 Å². The van der Waals surface area contributed by atoms with Gasteiger partial charge in [0.25, 0.3) is 5.91 Å². The van der Waals surface area contributed by atoms with E-state index in [9.17, 15) is 13.2 Å². The maximum absolute atomic E-state index is 12.7. The summed E-state index contributed by atoms with van der Waals surface area (Å²) in [6.45, 7) is 0. The van der Waals surface area contributed by atoms with E-state index in [4.69, 9.17) is 16.3 Å². The van der Waals surface area contributed by atoms with Crippen molar-refractivity contribution in [3.05, 3.63) is 76.3 Å². The van der Waals surface area contributed by atoms with E-state index in [-0.39, 0.29) is 21.6 Å². The Morgan fingerprint density at radius 1 is 1.06 bits per heavy atom. The Labute approximate surface area is 192 Å². The minimum absolute atomic E-state index is 0.0191. The average molecular weight is 487 g/mol. The topological polar surface area (TPSA) is 111 Å². The number of carbonyl (C=O) groups is 1. The van der Waals surface area contributed by atoms with E-state index in [0.717, 1.165) is 6.26 Å². The van der Waals surface area contributed by atoms with Crippen LogP contribution in [0.4, 0.5) is 5.69 Å². The van der Waals surface area contributed by atoms with Crippen LogP contribution in [0.15, 0.2) is 71.3 Å². The smallest absolute Gasteiger partial charge is 0.321 e. The van der Waals surface area contributed by atoms with Crippen LogP contribution in [0.2, 0.25) is 5.02 Å². The maximum Gasteiger partial charge on any atom is 0.321 e. The number of sulfone groups is 1. The molecule has 0 atom stereocenters. The van der Waals surface area contributed by atoms with Gasteiger partial charge in [0.05, 0.1) is 9.77 Å². The highest BCUT2D eigenvalue weighted by Crippen LogP contribution is 2.33. The summed E-state index contributed by atoms with van der Waals surface area (Å²) in [6.07, 6.45) is 5.82. The number of hydrogen-bond acceptors (Lipinski definition) is 8. The van der Waals surface area contributed by atoms with Crippen molar-refractivity contribution in [3.8, 4) is 23.0 Å². The average Bonchev–Trinajstić information content (AvgIpc) is 3.24. The van der Waals surface area contributed by atoms with Gasteiger partial charge in [-0.2, -0.15) is 0 Å². The zero-order chi connectivity index (χ0) is 22.7. The number of hydrogen-bond donors (Lipinski definition) is 1. The lowest BCUT2D eigenvalue weighted by molar-refractivity contribution is 0.103. The van der Waals surface area contributed by atoms with Gasteiger partial charge < -0.3 is 10.1 Å². The van der Waals surface area contributed by atoms with Crippen LogP contribution in [-0.4, -0.2) is 35.5 Å². The highest BCUT2D eigenvalue weighted by Gasteiger charge is 2.16. The van der Waals surface area contributed by atoms with Crippen LogP contribution in [0.1, 0.15) is 9.67 Å². The third-order valence-corrected chi connectivity index (χ3v) is 6.41. The van der Waals surface area contributed by atoms with Crippen molar-refractivity contribution in [2.24, 2.45) is 0 Å². The summed E-state index contributed by atoms with van der Waals surface area (Å²) >= 11 is 7.22. The number of pyridine rings is 1. The Bertz CT molecular complexity index is 1390. The second kappa shape index (κ2) is 9.03. The fourth-order valence-electron chi connectivity index (χ4n) is 2.75. The third kappa shape index (κ3) is 5.10. The number of benzene rings is 1. The van der Waals surface area contributed by atoms with Crippen molar-refractivity contribution < 1.29 is 17.9 Å². The van der Waals surface area contributed by atoms with E-state index in [1.807, 2.05) is 0 Å². The number of ether oxygens (including phenoxy) is 1. The predicted molar refractivity (Wildman–Crippen MR) is 122 cm³/mol. The number of nitrogens with one attached hydrogen (secondary N) is 1. The molecule has 8 nitrogen and oxygen atoms in total. The van der Waals surface area contributed by atoms with E-state index in [1.165, 1.54) is 29.5 Å². The summed E-state index contributed by atoms with van der Waals surface area (Å²) < 4.78 is 29.4. The maximum atomic E-state index is 12.7. The highest BCUT2D eigenvalue weighted by atomic mass is 35.5. The Balaban J connectivity index is 1.58. The quantitative estimate of drug-likeness (QED) is 0.420. The number of aromatic nitrogens is 3. The molecule has 0 aliphatic rings. The van der Waals surface area contributed by atoms with Gasteiger partial charge in [-0.3, -0.25) is 9.78 Å². The number of thiophene rings is 1. The van der Waals surface area contributed by atoms with E-state index in [2.05, 4.69) is 20.3 Å². The van der Waals surface area contributed by atoms with Gasteiger partial charge in [0.15, 0.2) is 15.6 Å². The van der Waals surface area contributed by atoms with Gasteiger partial charge in [-0.05, 0) is 42.5 Å². The molecule has 0 spiro atoms. The van der Waals surface area contributed by atoms with Crippen molar-refractivity contribution in [3.63, 3.8) is 0 Å². The molecule has 4 rings (SSSR count). The van der Waals surface area contributed by atoms with Crippen molar-refractivity contribution in [2.45, 2.75) is 4.90 Å². The van der Waals surface area contributed by atoms with Crippen LogP contribution in [0.5, 0.6) is 11.8 Å². The zero-order valence-corrected chi connectivity index (χ0v) is 18.9. The fourth-order valence-corrected chi connectivity index (χ4v) is 4.52. The van der Waals surface area contributed by atoms with E-state index in [1.54, 1.807) is 48.2 Å². The van der Waals surface area contributed by atoms with E-state index < -0.39 is 15.7 Å². The summed E-state index contributed by atoms with van der Waals surface area (Å²) in [5.74, 6) is 0.0313. The zero-order valence-electron chi connectivity index (χ0n) is 16.5. The van der Waals surface area contributed by atoms with Crippen molar-refractivity contribution >= 4 is 44.4 Å². The normalized spacial score (nSPS) is 11.2. The van der Waals surface area contributed by atoms with Crippen LogP contribution >= 0.6 is 22.9 Å². The lowest BCUT2D eigenvalue weighted by atomic mass is 10.2. The molecule has 0 bridgehead atoms. The van der Waals surface area contributed by atoms with Crippen LogP contribution in [0.3, 0.4) is 0 Å². The molecule has 0 saturated heterocycles. The van der Waals surface area contributed by atoms with Crippen LogP contribution in [0.25, 0.3) is 11.3 Å². The largest absolute Gasteiger partial charge is 0.422 e. The summed E-state index contributed by atoms with van der Waals surface area (Å²) in [5.41, 5.74) is 1.48. The highest BCUT2D eigenvalue weighted by molar-refractivity contribution is 7.90. The van der Waals surface area contributed by atoms with Gasteiger partial charge >= 0.3 is 6.01 Å². The van der Waals surface area contributed by atoms with Crippen LogP contribution in [-0.2, 0) is 9.84 Å². The molecule has 32 heavy (non-hydrogen) atoms. The van der Waals surface area contributed by atoms with Crippen molar-refractivity contribution in [1.29, 1.82) is 0 Å². The molecule has 1 aromatic carbocycles. The molecule has 0 saturated carbocycles. The first kappa shape index (κ1) is 21.9. The second-order valence-corrected chi connectivity index (χ2v) is 9.95. The monoisotopic (exact) mass is 486 g/mol. The molecule has 4 aromatic rings. The van der Waals surface area contributed by atoms with Crippen molar-refractivity contribution in [2.75, 3.05) is 11.6 Å². The molecule has 162 valence electrons. The number of halogens is 1. The lowest BCUT2D eigenvalue weighted by Gasteiger charge is -2.08. The molecule has 1 N–H and O–H groups in total. The third-order valence-electron chi connectivity index (χ3n) is 4.17.